The van der Waals surface area contributed by atoms with Gasteiger partial charge in [0.25, 0.3) is 0 Å². The Kier molecular flexibility index (Phi) is 5.70. The molecule has 0 amide bonds. The highest BCUT2D eigenvalue weighted by atomic mass is 15.2. The summed E-state index contributed by atoms with van der Waals surface area (Å²) in [7, 11) is 0. The summed E-state index contributed by atoms with van der Waals surface area (Å²) in [6.07, 6.45) is 11.3. The number of nitrogens with zero attached hydrogens (tertiary/aromatic N) is 1. The zero-order valence-corrected chi connectivity index (χ0v) is 13.4. The summed E-state index contributed by atoms with van der Waals surface area (Å²) in [5.74, 6) is 0. The number of nitrogens with one attached hydrogen (secondary N) is 1. The van der Waals surface area contributed by atoms with Crippen molar-refractivity contribution in [2.75, 3.05) is 19.6 Å². The number of likely N-dealkylation sites (tertiary alicyclic amines) is 1. The van der Waals surface area contributed by atoms with E-state index >= 15 is 0 Å². The summed E-state index contributed by atoms with van der Waals surface area (Å²) >= 11 is 0. The molecule has 2 nitrogen and oxygen atoms in total. The van der Waals surface area contributed by atoms with Crippen molar-refractivity contribution in [2.45, 2.75) is 84.2 Å². The van der Waals surface area contributed by atoms with Crippen molar-refractivity contribution in [3.63, 3.8) is 0 Å². The lowest BCUT2D eigenvalue weighted by Gasteiger charge is -2.44. The van der Waals surface area contributed by atoms with Crippen LogP contribution in [0.25, 0.3) is 0 Å². The Balaban J connectivity index is 1.94. The van der Waals surface area contributed by atoms with Crippen LogP contribution in [0, 0.1) is 5.41 Å². The Hall–Kier alpha value is -0.0800. The molecule has 2 rings (SSSR count). The smallest absolute Gasteiger partial charge is 0.0249 e. The quantitative estimate of drug-likeness (QED) is 0.778. The van der Waals surface area contributed by atoms with Gasteiger partial charge in [-0.2, -0.15) is 0 Å². The lowest BCUT2D eigenvalue weighted by atomic mass is 9.77. The molecule has 0 spiro atoms. The van der Waals surface area contributed by atoms with Crippen LogP contribution >= 0.6 is 0 Å². The molecule has 2 heteroatoms. The standard InChI is InChI=1S/C17H34N2/c1-4-17(3)11-13-19(14-12-17)16-10-8-6-7-9-15(16)18-5-2/h15-16,18H,4-14H2,1-3H3. The van der Waals surface area contributed by atoms with Crippen molar-refractivity contribution >= 4 is 0 Å². The summed E-state index contributed by atoms with van der Waals surface area (Å²) in [5, 5.41) is 3.76. The maximum atomic E-state index is 3.76. The maximum Gasteiger partial charge on any atom is 0.0249 e. The van der Waals surface area contributed by atoms with Crippen molar-refractivity contribution in [1.29, 1.82) is 0 Å². The molecule has 2 aliphatic rings. The monoisotopic (exact) mass is 266 g/mol. The fourth-order valence-corrected chi connectivity index (χ4v) is 3.97. The molecule has 2 unspecified atom stereocenters. The summed E-state index contributed by atoms with van der Waals surface area (Å²) in [4.78, 5) is 2.82. The maximum absolute atomic E-state index is 3.76. The molecular weight excluding hydrogens is 232 g/mol. The van der Waals surface area contributed by atoms with Crippen LogP contribution in [0.2, 0.25) is 0 Å². The van der Waals surface area contributed by atoms with Crippen LogP contribution in [0.15, 0.2) is 0 Å². The van der Waals surface area contributed by atoms with Crippen molar-refractivity contribution in [3.05, 3.63) is 0 Å². The van der Waals surface area contributed by atoms with Crippen LogP contribution < -0.4 is 5.32 Å². The Morgan fingerprint density at radius 3 is 2.37 bits per heavy atom. The predicted octanol–water partition coefficient (Wildman–Crippen LogP) is 3.81. The minimum atomic E-state index is 0.620. The van der Waals surface area contributed by atoms with Gasteiger partial charge < -0.3 is 5.32 Å². The highest BCUT2D eigenvalue weighted by Gasteiger charge is 2.34. The van der Waals surface area contributed by atoms with Gasteiger partial charge in [-0.25, -0.2) is 0 Å². The van der Waals surface area contributed by atoms with Crippen molar-refractivity contribution in [2.24, 2.45) is 5.41 Å². The molecule has 0 aromatic rings. The predicted molar refractivity (Wildman–Crippen MR) is 83.5 cm³/mol. The van der Waals surface area contributed by atoms with E-state index in [1.165, 1.54) is 64.5 Å². The molecule has 112 valence electrons. The van der Waals surface area contributed by atoms with Crippen molar-refractivity contribution in [1.82, 2.24) is 10.2 Å². The normalized spacial score (nSPS) is 33.0. The highest BCUT2D eigenvalue weighted by molar-refractivity contribution is 4.91. The van der Waals surface area contributed by atoms with E-state index in [1.54, 1.807) is 0 Å². The number of piperidine rings is 1. The molecule has 2 atom stereocenters. The fourth-order valence-electron chi connectivity index (χ4n) is 3.97. The molecule has 2 fully saturated rings. The summed E-state index contributed by atoms with van der Waals surface area (Å²) in [5.41, 5.74) is 0.620. The lowest BCUT2D eigenvalue weighted by molar-refractivity contribution is 0.0618. The minimum Gasteiger partial charge on any atom is -0.313 e. The topological polar surface area (TPSA) is 15.3 Å². The van der Waals surface area contributed by atoms with Crippen molar-refractivity contribution in [3.8, 4) is 0 Å². The first-order valence-electron chi connectivity index (χ1n) is 8.66. The number of rotatable bonds is 4. The van der Waals surface area contributed by atoms with E-state index in [4.69, 9.17) is 0 Å². The van der Waals surface area contributed by atoms with Gasteiger partial charge in [0.05, 0.1) is 0 Å². The van der Waals surface area contributed by atoms with Gasteiger partial charge in [0, 0.05) is 12.1 Å². The first-order valence-corrected chi connectivity index (χ1v) is 8.66. The summed E-state index contributed by atoms with van der Waals surface area (Å²) in [6.45, 7) is 10.9. The molecule has 1 aliphatic heterocycles. The second kappa shape index (κ2) is 7.08. The van der Waals surface area contributed by atoms with Gasteiger partial charge in [-0.1, -0.05) is 46.5 Å². The fraction of sp³-hybridized carbons (Fsp3) is 1.00. The number of likely N-dealkylation sites (N-methyl/N-ethyl adjacent to an activating group) is 1. The van der Waals surface area contributed by atoms with Gasteiger partial charge in [-0.3, -0.25) is 4.90 Å². The van der Waals surface area contributed by atoms with Crippen LogP contribution in [0.3, 0.4) is 0 Å². The van der Waals surface area contributed by atoms with E-state index < -0.39 is 0 Å². The van der Waals surface area contributed by atoms with Gasteiger partial charge in [0.15, 0.2) is 0 Å². The van der Waals surface area contributed by atoms with Crippen LogP contribution in [0.5, 0.6) is 0 Å². The van der Waals surface area contributed by atoms with Gasteiger partial charge in [-0.05, 0) is 50.7 Å². The Labute approximate surface area is 120 Å². The Morgan fingerprint density at radius 1 is 1.05 bits per heavy atom. The molecule has 0 radical (unpaired) electrons. The second-order valence-electron chi connectivity index (χ2n) is 7.07. The molecule has 1 heterocycles. The van der Waals surface area contributed by atoms with E-state index in [9.17, 15) is 0 Å². The highest BCUT2D eigenvalue weighted by Crippen LogP contribution is 2.36. The Morgan fingerprint density at radius 2 is 1.74 bits per heavy atom. The van der Waals surface area contributed by atoms with Crippen molar-refractivity contribution < 1.29 is 0 Å². The molecule has 19 heavy (non-hydrogen) atoms. The van der Waals surface area contributed by atoms with E-state index in [1.807, 2.05) is 0 Å². The zero-order valence-electron chi connectivity index (χ0n) is 13.4. The molecule has 1 N–H and O–H groups in total. The molecule has 0 aromatic carbocycles. The van der Waals surface area contributed by atoms with E-state index in [0.29, 0.717) is 5.41 Å². The van der Waals surface area contributed by atoms with E-state index in [-0.39, 0.29) is 0 Å². The van der Waals surface area contributed by atoms with Crippen LogP contribution in [-0.2, 0) is 0 Å². The third-order valence-electron chi connectivity index (χ3n) is 5.77. The molecule has 1 saturated carbocycles. The lowest BCUT2D eigenvalue weighted by Crippen LogP contribution is -2.53. The van der Waals surface area contributed by atoms with Crippen LogP contribution in [0.1, 0.15) is 72.1 Å². The first-order chi connectivity index (χ1) is 9.18. The third kappa shape index (κ3) is 3.95. The minimum absolute atomic E-state index is 0.620. The van der Waals surface area contributed by atoms with Gasteiger partial charge in [-0.15, -0.1) is 0 Å². The van der Waals surface area contributed by atoms with E-state index in [2.05, 4.69) is 31.0 Å². The van der Waals surface area contributed by atoms with Gasteiger partial charge >= 0.3 is 0 Å². The largest absolute Gasteiger partial charge is 0.313 e. The molecule has 1 saturated heterocycles. The van der Waals surface area contributed by atoms with Gasteiger partial charge in [0.2, 0.25) is 0 Å². The number of hydrogen-bond acceptors (Lipinski definition) is 2. The zero-order chi connectivity index (χ0) is 13.7. The van der Waals surface area contributed by atoms with Crippen LogP contribution in [-0.4, -0.2) is 36.6 Å². The average molecular weight is 266 g/mol. The van der Waals surface area contributed by atoms with Crippen LogP contribution in [0.4, 0.5) is 0 Å². The molecular formula is C17H34N2. The SMILES string of the molecule is CCNC1CCCCCC1N1CCC(C)(CC)CC1. The van der Waals surface area contributed by atoms with Gasteiger partial charge in [0.1, 0.15) is 0 Å². The average Bonchev–Trinajstić information content (AvgIpc) is 2.66. The third-order valence-corrected chi connectivity index (χ3v) is 5.77. The summed E-state index contributed by atoms with van der Waals surface area (Å²) in [6, 6.07) is 1.56. The number of hydrogen-bond donors (Lipinski definition) is 1. The molecule has 0 aromatic heterocycles. The second-order valence-corrected chi connectivity index (χ2v) is 7.07. The molecule has 0 bridgehead atoms. The molecule has 1 aliphatic carbocycles. The Bertz CT molecular complexity index is 256. The van der Waals surface area contributed by atoms with E-state index in [0.717, 1.165) is 18.6 Å². The summed E-state index contributed by atoms with van der Waals surface area (Å²) < 4.78 is 0. The first kappa shape index (κ1) is 15.3.